The molecule has 2 N–H and O–H groups in total. The number of hydrogen-bond donors (Lipinski definition) is 1. The van der Waals surface area contributed by atoms with Crippen LogP contribution in [0.15, 0.2) is 30.3 Å². The van der Waals surface area contributed by atoms with E-state index in [2.05, 4.69) is 0 Å². The van der Waals surface area contributed by atoms with Crippen LogP contribution in [0.25, 0.3) is 0 Å². The van der Waals surface area contributed by atoms with E-state index in [1.165, 1.54) is 0 Å². The number of nitrogens with two attached hydrogens (primary N) is 1. The molecule has 4 heteroatoms. The van der Waals surface area contributed by atoms with Crippen LogP contribution < -0.4 is 5.73 Å². The van der Waals surface area contributed by atoms with Gasteiger partial charge in [0, 0.05) is 19.4 Å². The molecule has 19 heavy (non-hydrogen) atoms. The molecule has 0 bridgehead atoms. The van der Waals surface area contributed by atoms with Gasteiger partial charge in [-0.25, -0.2) is 0 Å². The molecule has 0 aliphatic carbocycles. The van der Waals surface area contributed by atoms with Crippen LogP contribution in [0, 0.1) is 0 Å². The van der Waals surface area contributed by atoms with E-state index >= 15 is 0 Å². The van der Waals surface area contributed by atoms with Gasteiger partial charge in [0.05, 0.1) is 0 Å². The molecule has 2 amide bonds. The van der Waals surface area contributed by atoms with Crippen molar-refractivity contribution in [1.29, 1.82) is 0 Å². The van der Waals surface area contributed by atoms with Gasteiger partial charge in [0.2, 0.25) is 11.8 Å². The monoisotopic (exact) mass is 262 g/mol. The fourth-order valence-corrected chi connectivity index (χ4v) is 2.13. The maximum absolute atomic E-state index is 12.0. The molecule has 0 radical (unpaired) electrons. The number of nitrogens with zero attached hydrogens (tertiary/aromatic N) is 1. The summed E-state index contributed by atoms with van der Waals surface area (Å²) in [4.78, 5) is 25.3. The van der Waals surface area contributed by atoms with Crippen LogP contribution in [0.3, 0.4) is 0 Å². The van der Waals surface area contributed by atoms with E-state index in [1.54, 1.807) is 4.90 Å². The molecule has 1 atom stereocenters. The summed E-state index contributed by atoms with van der Waals surface area (Å²) in [7, 11) is 0. The molecular formula is C15H22N2O2. The van der Waals surface area contributed by atoms with E-state index in [0.717, 1.165) is 12.0 Å². The average molecular weight is 262 g/mol. The molecule has 4 nitrogen and oxygen atoms in total. The quantitative estimate of drug-likeness (QED) is 0.813. The summed E-state index contributed by atoms with van der Waals surface area (Å²) in [6.07, 6.45) is 1.69. The molecule has 0 aliphatic heterocycles. The first-order chi connectivity index (χ1) is 9.10. The summed E-state index contributed by atoms with van der Waals surface area (Å²) in [5, 5.41) is 0. The highest BCUT2D eigenvalue weighted by Gasteiger charge is 2.26. The molecule has 0 aromatic heterocycles. The van der Waals surface area contributed by atoms with Gasteiger partial charge in [0.15, 0.2) is 0 Å². The number of likely N-dealkylation sites (N-methyl/N-ethyl adjacent to an activating group) is 1. The molecule has 0 fully saturated rings. The van der Waals surface area contributed by atoms with Crippen LogP contribution in [0.4, 0.5) is 0 Å². The van der Waals surface area contributed by atoms with Gasteiger partial charge in [-0.3, -0.25) is 9.59 Å². The van der Waals surface area contributed by atoms with Crippen molar-refractivity contribution < 1.29 is 9.59 Å². The van der Waals surface area contributed by atoms with Gasteiger partial charge in [0.25, 0.3) is 0 Å². The van der Waals surface area contributed by atoms with Gasteiger partial charge < -0.3 is 10.6 Å². The Hall–Kier alpha value is -1.84. The Morgan fingerprint density at radius 1 is 1.21 bits per heavy atom. The Morgan fingerprint density at radius 2 is 1.84 bits per heavy atom. The predicted molar refractivity (Wildman–Crippen MR) is 75.4 cm³/mol. The van der Waals surface area contributed by atoms with Crippen LogP contribution in [0.5, 0.6) is 0 Å². The summed E-state index contributed by atoms with van der Waals surface area (Å²) in [5.41, 5.74) is 6.47. The van der Waals surface area contributed by atoms with E-state index in [-0.39, 0.29) is 5.91 Å². The zero-order valence-corrected chi connectivity index (χ0v) is 11.6. The fourth-order valence-electron chi connectivity index (χ4n) is 2.13. The lowest BCUT2D eigenvalue weighted by atomic mass is 10.0. The van der Waals surface area contributed by atoms with Gasteiger partial charge in [-0.05, 0) is 18.9 Å². The van der Waals surface area contributed by atoms with E-state index in [4.69, 9.17) is 5.73 Å². The van der Waals surface area contributed by atoms with Crippen LogP contribution in [-0.4, -0.2) is 29.3 Å². The minimum Gasteiger partial charge on any atom is -0.368 e. The smallest absolute Gasteiger partial charge is 0.240 e. The minimum absolute atomic E-state index is 0.00951. The van der Waals surface area contributed by atoms with Gasteiger partial charge >= 0.3 is 0 Å². The second-order valence-corrected chi connectivity index (χ2v) is 4.54. The highest BCUT2D eigenvalue weighted by Crippen LogP contribution is 2.11. The van der Waals surface area contributed by atoms with Gasteiger partial charge in [0.1, 0.15) is 6.04 Å². The van der Waals surface area contributed by atoms with Crippen LogP contribution >= 0.6 is 0 Å². The predicted octanol–water partition coefficient (Wildman–Crippen LogP) is 1.73. The summed E-state index contributed by atoms with van der Waals surface area (Å²) >= 11 is 0. The van der Waals surface area contributed by atoms with Crippen molar-refractivity contribution in [2.45, 2.75) is 39.2 Å². The lowest BCUT2D eigenvalue weighted by molar-refractivity contribution is -0.139. The summed E-state index contributed by atoms with van der Waals surface area (Å²) < 4.78 is 0. The Labute approximate surface area is 114 Å². The second kappa shape index (κ2) is 7.56. The third-order valence-electron chi connectivity index (χ3n) is 3.10. The van der Waals surface area contributed by atoms with E-state index < -0.39 is 11.9 Å². The van der Waals surface area contributed by atoms with Crippen molar-refractivity contribution in [3.63, 3.8) is 0 Å². The number of amides is 2. The first-order valence-electron chi connectivity index (χ1n) is 6.72. The standard InChI is InChI=1S/C15H22N2O2/c1-3-8-14(18)17(4-2)13(15(16)19)11-12-9-6-5-7-10-12/h5-7,9-10,13H,3-4,8,11H2,1-2H3,(H2,16,19). The van der Waals surface area contributed by atoms with E-state index in [1.807, 2.05) is 44.2 Å². The lowest BCUT2D eigenvalue weighted by Crippen LogP contribution is -2.49. The topological polar surface area (TPSA) is 63.4 Å². The molecule has 1 rings (SSSR count). The highest BCUT2D eigenvalue weighted by atomic mass is 16.2. The minimum atomic E-state index is -0.563. The van der Waals surface area contributed by atoms with Gasteiger partial charge in [-0.2, -0.15) is 0 Å². The Morgan fingerprint density at radius 3 is 2.32 bits per heavy atom. The van der Waals surface area contributed by atoms with Crippen LogP contribution in [0.2, 0.25) is 0 Å². The lowest BCUT2D eigenvalue weighted by Gasteiger charge is -2.28. The van der Waals surface area contributed by atoms with E-state index in [0.29, 0.717) is 19.4 Å². The SMILES string of the molecule is CCCC(=O)N(CC)C(Cc1ccccc1)C(N)=O. The number of primary amides is 1. The normalized spacial score (nSPS) is 11.9. The van der Waals surface area contributed by atoms with Crippen molar-refractivity contribution in [3.05, 3.63) is 35.9 Å². The molecule has 0 saturated heterocycles. The zero-order valence-electron chi connectivity index (χ0n) is 11.6. The van der Waals surface area contributed by atoms with Gasteiger partial charge in [-0.15, -0.1) is 0 Å². The number of rotatable bonds is 7. The van der Waals surface area contributed by atoms with E-state index in [9.17, 15) is 9.59 Å². The summed E-state index contributed by atoms with van der Waals surface area (Å²) in [6.45, 7) is 4.32. The van der Waals surface area contributed by atoms with Crippen molar-refractivity contribution in [2.75, 3.05) is 6.54 Å². The maximum atomic E-state index is 12.0. The van der Waals surface area contributed by atoms with Crippen molar-refractivity contribution >= 4 is 11.8 Å². The first-order valence-corrected chi connectivity index (χ1v) is 6.72. The molecule has 0 aliphatic rings. The Bertz CT molecular complexity index is 417. The Balaban J connectivity index is 2.86. The molecule has 0 saturated carbocycles. The van der Waals surface area contributed by atoms with Crippen molar-refractivity contribution in [1.82, 2.24) is 4.90 Å². The summed E-state index contributed by atoms with van der Waals surface area (Å²) in [5.74, 6) is -0.458. The molecule has 1 unspecified atom stereocenters. The average Bonchev–Trinajstić information content (AvgIpc) is 2.40. The van der Waals surface area contributed by atoms with Crippen molar-refractivity contribution in [3.8, 4) is 0 Å². The number of carbonyl (C=O) groups is 2. The number of carbonyl (C=O) groups excluding carboxylic acids is 2. The first kappa shape index (κ1) is 15.2. The summed E-state index contributed by atoms with van der Waals surface area (Å²) in [6, 6.07) is 9.06. The van der Waals surface area contributed by atoms with Crippen molar-refractivity contribution in [2.24, 2.45) is 5.73 Å². The zero-order chi connectivity index (χ0) is 14.3. The highest BCUT2D eigenvalue weighted by molar-refractivity contribution is 5.86. The number of hydrogen-bond acceptors (Lipinski definition) is 2. The number of benzene rings is 1. The molecule has 0 heterocycles. The molecule has 1 aromatic carbocycles. The molecule has 1 aromatic rings. The molecular weight excluding hydrogens is 240 g/mol. The second-order valence-electron chi connectivity index (χ2n) is 4.54. The third-order valence-corrected chi connectivity index (χ3v) is 3.10. The third kappa shape index (κ3) is 4.39. The molecule has 104 valence electrons. The van der Waals surface area contributed by atoms with Crippen LogP contribution in [-0.2, 0) is 16.0 Å². The largest absolute Gasteiger partial charge is 0.368 e. The maximum Gasteiger partial charge on any atom is 0.240 e. The molecule has 0 spiro atoms. The Kier molecular flexibility index (Phi) is 6.06. The van der Waals surface area contributed by atoms with Gasteiger partial charge in [-0.1, -0.05) is 37.3 Å². The fraction of sp³-hybridized carbons (Fsp3) is 0.467. The van der Waals surface area contributed by atoms with Crippen LogP contribution in [0.1, 0.15) is 32.3 Å².